The van der Waals surface area contributed by atoms with Crippen molar-refractivity contribution in [2.45, 2.75) is 63.6 Å². The first kappa shape index (κ1) is 18.6. The van der Waals surface area contributed by atoms with Crippen LogP contribution in [0.4, 0.5) is 10.5 Å². The second-order valence-corrected chi connectivity index (χ2v) is 7.17. The predicted molar refractivity (Wildman–Crippen MR) is 107 cm³/mol. The maximum atomic E-state index is 13.5. The number of benzene rings is 1. The molecule has 1 aromatic carbocycles. The standard InChI is InChI=1S/C22H30N2O2/c1-4-6-7-9-19-16-20-11-10-17(8-5-2)23(20)22(25)24(19)18-12-14-21(26-3)15-13-18/h5-7,12-15,17,19-20H,2,4,8-11,16H2,1,3H3/b7-6+. The highest BCUT2D eigenvalue weighted by molar-refractivity contribution is 5.94. The van der Waals surface area contributed by atoms with Crippen molar-refractivity contribution in [2.24, 2.45) is 0 Å². The Bertz CT molecular complexity index is 653. The molecule has 4 heteroatoms. The fourth-order valence-corrected chi connectivity index (χ4v) is 4.31. The summed E-state index contributed by atoms with van der Waals surface area (Å²) < 4.78 is 5.27. The summed E-state index contributed by atoms with van der Waals surface area (Å²) in [4.78, 5) is 17.6. The van der Waals surface area contributed by atoms with Crippen LogP contribution in [-0.4, -0.2) is 36.2 Å². The molecule has 2 fully saturated rings. The molecule has 3 unspecified atom stereocenters. The Morgan fingerprint density at radius 1 is 1.15 bits per heavy atom. The lowest BCUT2D eigenvalue weighted by molar-refractivity contribution is 0.153. The van der Waals surface area contributed by atoms with Gasteiger partial charge in [-0.05, 0) is 62.8 Å². The van der Waals surface area contributed by atoms with E-state index in [2.05, 4.69) is 30.6 Å². The Labute approximate surface area is 157 Å². The number of nitrogens with zero attached hydrogens (tertiary/aromatic N) is 2. The van der Waals surface area contributed by atoms with Gasteiger partial charge in [-0.25, -0.2) is 4.79 Å². The molecule has 2 heterocycles. The van der Waals surface area contributed by atoms with Gasteiger partial charge >= 0.3 is 6.03 Å². The van der Waals surface area contributed by atoms with Crippen LogP contribution < -0.4 is 9.64 Å². The highest BCUT2D eigenvalue weighted by Gasteiger charge is 2.45. The molecule has 0 radical (unpaired) electrons. The minimum atomic E-state index is 0.144. The number of amides is 2. The lowest BCUT2D eigenvalue weighted by atomic mass is 9.97. The molecule has 2 amide bonds. The molecule has 1 aromatic rings. The Balaban J connectivity index is 1.89. The van der Waals surface area contributed by atoms with E-state index < -0.39 is 0 Å². The summed E-state index contributed by atoms with van der Waals surface area (Å²) in [5.41, 5.74) is 0.952. The minimum absolute atomic E-state index is 0.144. The van der Waals surface area contributed by atoms with Crippen molar-refractivity contribution in [1.29, 1.82) is 0 Å². The third kappa shape index (κ3) is 3.64. The van der Waals surface area contributed by atoms with E-state index in [1.807, 2.05) is 35.2 Å². The van der Waals surface area contributed by atoms with Gasteiger partial charge in [0.05, 0.1) is 7.11 Å². The third-order valence-corrected chi connectivity index (χ3v) is 5.56. The van der Waals surface area contributed by atoms with Crippen molar-refractivity contribution in [2.75, 3.05) is 12.0 Å². The first-order valence-electron chi connectivity index (χ1n) is 9.71. The van der Waals surface area contributed by atoms with Gasteiger partial charge in [-0.15, -0.1) is 6.58 Å². The molecule has 3 atom stereocenters. The number of methoxy groups -OCH3 is 1. The summed E-state index contributed by atoms with van der Waals surface area (Å²) in [6.07, 6.45) is 12.4. The van der Waals surface area contributed by atoms with Gasteiger partial charge < -0.3 is 9.64 Å². The molecule has 3 rings (SSSR count). The number of urea groups is 1. The smallest absolute Gasteiger partial charge is 0.325 e. The van der Waals surface area contributed by atoms with E-state index in [4.69, 9.17) is 4.74 Å². The van der Waals surface area contributed by atoms with Gasteiger partial charge in [0, 0.05) is 23.8 Å². The van der Waals surface area contributed by atoms with Crippen molar-refractivity contribution in [3.8, 4) is 5.75 Å². The van der Waals surface area contributed by atoms with Gasteiger partial charge in [-0.3, -0.25) is 4.90 Å². The van der Waals surface area contributed by atoms with Crippen LogP contribution in [0.25, 0.3) is 0 Å². The van der Waals surface area contributed by atoms with Crippen molar-refractivity contribution in [1.82, 2.24) is 4.90 Å². The average Bonchev–Trinajstić information content (AvgIpc) is 3.06. The average molecular weight is 354 g/mol. The van der Waals surface area contributed by atoms with Crippen LogP contribution in [0.3, 0.4) is 0 Å². The van der Waals surface area contributed by atoms with Gasteiger partial charge in [-0.2, -0.15) is 0 Å². The van der Waals surface area contributed by atoms with Gasteiger partial charge in [0.1, 0.15) is 5.75 Å². The molecule has 0 saturated carbocycles. The van der Waals surface area contributed by atoms with Crippen LogP contribution in [0.15, 0.2) is 49.1 Å². The summed E-state index contributed by atoms with van der Waals surface area (Å²) in [6, 6.07) is 8.85. The number of hydrogen-bond donors (Lipinski definition) is 0. The number of allylic oxidation sites excluding steroid dienone is 1. The molecule has 0 aromatic heterocycles. The molecule has 0 aliphatic carbocycles. The molecule has 2 aliphatic rings. The number of hydrogen-bond acceptors (Lipinski definition) is 2. The first-order valence-corrected chi connectivity index (χ1v) is 9.71. The van der Waals surface area contributed by atoms with E-state index >= 15 is 0 Å². The zero-order chi connectivity index (χ0) is 18.5. The molecule has 26 heavy (non-hydrogen) atoms. The maximum absolute atomic E-state index is 13.5. The van der Waals surface area contributed by atoms with Crippen LogP contribution in [0, 0.1) is 0 Å². The number of anilines is 1. The summed E-state index contributed by atoms with van der Waals surface area (Å²) in [5, 5.41) is 0. The van der Waals surface area contributed by atoms with Gasteiger partial charge in [0.25, 0.3) is 0 Å². The highest BCUT2D eigenvalue weighted by Crippen LogP contribution is 2.38. The molecule has 0 spiro atoms. The first-order chi connectivity index (χ1) is 12.7. The summed E-state index contributed by atoms with van der Waals surface area (Å²) in [7, 11) is 1.66. The SMILES string of the molecule is C=CCC1CCC2CC(C/C=C/CC)N(c3ccc(OC)cc3)C(=O)N12. The quantitative estimate of drug-likeness (QED) is 0.634. The van der Waals surface area contributed by atoms with E-state index in [-0.39, 0.29) is 18.1 Å². The number of rotatable bonds is 7. The molecule has 4 nitrogen and oxygen atoms in total. The monoisotopic (exact) mass is 354 g/mol. The number of carbonyl (C=O) groups excluding carboxylic acids is 1. The van der Waals surface area contributed by atoms with Gasteiger partial charge in [-0.1, -0.05) is 25.2 Å². The lowest BCUT2D eigenvalue weighted by Gasteiger charge is -2.45. The predicted octanol–water partition coefficient (Wildman–Crippen LogP) is 5.16. The number of carbonyl (C=O) groups is 1. The zero-order valence-electron chi connectivity index (χ0n) is 15.9. The number of ether oxygens (including phenoxy) is 1. The molecule has 140 valence electrons. The molecular weight excluding hydrogens is 324 g/mol. The fraction of sp³-hybridized carbons (Fsp3) is 0.500. The summed E-state index contributed by atoms with van der Waals surface area (Å²) in [5.74, 6) is 0.809. The van der Waals surface area contributed by atoms with Crippen LogP contribution in [-0.2, 0) is 0 Å². The molecule has 0 N–H and O–H groups in total. The minimum Gasteiger partial charge on any atom is -0.497 e. The topological polar surface area (TPSA) is 32.8 Å². The highest BCUT2D eigenvalue weighted by atomic mass is 16.5. The fourth-order valence-electron chi connectivity index (χ4n) is 4.31. The van der Waals surface area contributed by atoms with Crippen LogP contribution in [0.1, 0.15) is 45.4 Å². The van der Waals surface area contributed by atoms with E-state index in [1.165, 1.54) is 0 Å². The third-order valence-electron chi connectivity index (χ3n) is 5.56. The lowest BCUT2D eigenvalue weighted by Crippen LogP contribution is -2.58. The van der Waals surface area contributed by atoms with E-state index in [1.54, 1.807) is 7.11 Å². The summed E-state index contributed by atoms with van der Waals surface area (Å²) >= 11 is 0. The van der Waals surface area contributed by atoms with Gasteiger partial charge in [0.2, 0.25) is 0 Å². The normalized spacial score (nSPS) is 25.6. The second kappa shape index (κ2) is 8.43. The Hall–Kier alpha value is -2.23. The Kier molecular flexibility index (Phi) is 6.02. The van der Waals surface area contributed by atoms with Crippen molar-refractivity contribution in [3.05, 3.63) is 49.1 Å². The Morgan fingerprint density at radius 2 is 1.92 bits per heavy atom. The van der Waals surface area contributed by atoms with Crippen molar-refractivity contribution >= 4 is 11.7 Å². The van der Waals surface area contributed by atoms with Gasteiger partial charge in [0.15, 0.2) is 0 Å². The van der Waals surface area contributed by atoms with E-state index in [9.17, 15) is 4.79 Å². The second-order valence-electron chi connectivity index (χ2n) is 7.17. The van der Waals surface area contributed by atoms with E-state index in [0.717, 1.165) is 50.0 Å². The molecule has 2 saturated heterocycles. The van der Waals surface area contributed by atoms with Crippen LogP contribution in [0.2, 0.25) is 0 Å². The number of fused-ring (bicyclic) bond motifs is 1. The maximum Gasteiger partial charge on any atom is 0.325 e. The molecule has 0 bridgehead atoms. The van der Waals surface area contributed by atoms with Crippen molar-refractivity contribution < 1.29 is 9.53 Å². The Morgan fingerprint density at radius 3 is 2.58 bits per heavy atom. The molecular formula is C22H30N2O2. The van der Waals surface area contributed by atoms with Crippen molar-refractivity contribution in [3.63, 3.8) is 0 Å². The van der Waals surface area contributed by atoms with E-state index in [0.29, 0.717) is 6.04 Å². The van der Waals surface area contributed by atoms with Crippen LogP contribution in [0.5, 0.6) is 5.75 Å². The molecule has 2 aliphatic heterocycles. The van der Waals surface area contributed by atoms with Crippen LogP contribution >= 0.6 is 0 Å². The zero-order valence-corrected chi connectivity index (χ0v) is 15.9. The largest absolute Gasteiger partial charge is 0.497 e. The summed E-state index contributed by atoms with van der Waals surface area (Å²) in [6.45, 7) is 6.01.